The summed E-state index contributed by atoms with van der Waals surface area (Å²) in [5, 5.41) is 9.45. The molecule has 0 aromatic heterocycles. The van der Waals surface area contributed by atoms with Crippen LogP contribution in [-0.4, -0.2) is 18.2 Å². The standard InChI is InChI=1S/C14H20BrNO/c1-11-3-2-7-16(8-6-11)14-5-4-13(15)9-12(14)10-17/h4-5,9,11,17H,2-3,6-8,10H2,1H3. The van der Waals surface area contributed by atoms with Crippen LogP contribution in [0.5, 0.6) is 0 Å². The van der Waals surface area contributed by atoms with E-state index >= 15 is 0 Å². The molecule has 17 heavy (non-hydrogen) atoms. The van der Waals surface area contributed by atoms with E-state index in [1.165, 1.54) is 24.9 Å². The van der Waals surface area contributed by atoms with E-state index in [0.29, 0.717) is 0 Å². The van der Waals surface area contributed by atoms with Crippen molar-refractivity contribution < 1.29 is 5.11 Å². The Bertz CT molecular complexity index is 380. The van der Waals surface area contributed by atoms with E-state index < -0.39 is 0 Å². The normalized spacial score (nSPS) is 21.4. The Balaban J connectivity index is 2.20. The molecule has 3 heteroatoms. The van der Waals surface area contributed by atoms with Gasteiger partial charge in [0.25, 0.3) is 0 Å². The maximum Gasteiger partial charge on any atom is 0.0702 e. The predicted octanol–water partition coefficient (Wildman–Crippen LogP) is 3.57. The molecule has 2 nitrogen and oxygen atoms in total. The second-order valence-electron chi connectivity index (χ2n) is 4.95. The third kappa shape index (κ3) is 3.23. The lowest BCUT2D eigenvalue weighted by Crippen LogP contribution is -2.25. The highest BCUT2D eigenvalue weighted by Crippen LogP contribution is 2.28. The zero-order chi connectivity index (χ0) is 12.3. The van der Waals surface area contributed by atoms with Crippen molar-refractivity contribution in [3.8, 4) is 0 Å². The molecule has 2 rings (SSSR count). The summed E-state index contributed by atoms with van der Waals surface area (Å²) in [6, 6.07) is 6.19. The lowest BCUT2D eigenvalue weighted by atomic mass is 10.0. The van der Waals surface area contributed by atoms with Gasteiger partial charge < -0.3 is 10.0 Å². The van der Waals surface area contributed by atoms with Gasteiger partial charge in [0, 0.05) is 28.8 Å². The third-order valence-electron chi connectivity index (χ3n) is 3.57. The van der Waals surface area contributed by atoms with Crippen LogP contribution in [0.4, 0.5) is 5.69 Å². The molecular weight excluding hydrogens is 278 g/mol. The van der Waals surface area contributed by atoms with Gasteiger partial charge in [-0.15, -0.1) is 0 Å². The average Bonchev–Trinajstić information content (AvgIpc) is 2.54. The smallest absolute Gasteiger partial charge is 0.0702 e. The van der Waals surface area contributed by atoms with Gasteiger partial charge in [0.2, 0.25) is 0 Å². The summed E-state index contributed by atoms with van der Waals surface area (Å²) in [7, 11) is 0. The van der Waals surface area contributed by atoms with Gasteiger partial charge in [-0.05, 0) is 43.4 Å². The molecule has 1 atom stereocenters. The van der Waals surface area contributed by atoms with Crippen LogP contribution in [0.15, 0.2) is 22.7 Å². The Morgan fingerprint density at radius 1 is 1.35 bits per heavy atom. The van der Waals surface area contributed by atoms with Crippen molar-refractivity contribution in [2.75, 3.05) is 18.0 Å². The summed E-state index contributed by atoms with van der Waals surface area (Å²) >= 11 is 3.46. The topological polar surface area (TPSA) is 23.5 Å². The Morgan fingerprint density at radius 3 is 2.94 bits per heavy atom. The van der Waals surface area contributed by atoms with Gasteiger partial charge in [0.05, 0.1) is 6.61 Å². The summed E-state index contributed by atoms with van der Waals surface area (Å²) in [6.45, 7) is 4.66. The third-order valence-corrected chi connectivity index (χ3v) is 4.06. The number of halogens is 1. The van der Waals surface area contributed by atoms with Crippen molar-refractivity contribution in [2.24, 2.45) is 5.92 Å². The number of hydrogen-bond acceptors (Lipinski definition) is 2. The Hall–Kier alpha value is -0.540. The first kappa shape index (κ1) is 12.9. The molecule has 1 saturated heterocycles. The monoisotopic (exact) mass is 297 g/mol. The fourth-order valence-corrected chi connectivity index (χ4v) is 2.90. The molecule has 0 saturated carbocycles. The zero-order valence-corrected chi connectivity index (χ0v) is 11.9. The van der Waals surface area contributed by atoms with Crippen molar-refractivity contribution in [1.82, 2.24) is 0 Å². The maximum absolute atomic E-state index is 9.45. The van der Waals surface area contributed by atoms with Gasteiger partial charge in [-0.3, -0.25) is 0 Å². The molecule has 1 aliphatic rings. The van der Waals surface area contributed by atoms with Crippen LogP contribution in [0.2, 0.25) is 0 Å². The first-order valence-corrected chi connectivity index (χ1v) is 7.14. The van der Waals surface area contributed by atoms with Crippen molar-refractivity contribution in [3.63, 3.8) is 0 Å². The first-order valence-electron chi connectivity index (χ1n) is 6.35. The van der Waals surface area contributed by atoms with E-state index in [-0.39, 0.29) is 6.61 Å². The van der Waals surface area contributed by atoms with Crippen molar-refractivity contribution in [2.45, 2.75) is 32.8 Å². The molecule has 1 heterocycles. The molecule has 0 aliphatic carbocycles. The maximum atomic E-state index is 9.45. The summed E-state index contributed by atoms with van der Waals surface area (Å²) in [6.07, 6.45) is 3.82. The fourth-order valence-electron chi connectivity index (χ4n) is 2.49. The van der Waals surface area contributed by atoms with Crippen molar-refractivity contribution in [3.05, 3.63) is 28.2 Å². The molecule has 0 spiro atoms. The quantitative estimate of drug-likeness (QED) is 0.902. The molecule has 0 radical (unpaired) electrons. The first-order chi connectivity index (χ1) is 8.20. The van der Waals surface area contributed by atoms with E-state index in [2.05, 4.69) is 39.9 Å². The van der Waals surface area contributed by atoms with Crippen LogP contribution in [0.1, 0.15) is 31.7 Å². The Morgan fingerprint density at radius 2 is 2.18 bits per heavy atom. The summed E-state index contributed by atoms with van der Waals surface area (Å²) in [4.78, 5) is 2.42. The van der Waals surface area contributed by atoms with Crippen LogP contribution in [0, 0.1) is 5.92 Å². The van der Waals surface area contributed by atoms with Crippen LogP contribution in [0.25, 0.3) is 0 Å². The lowest BCUT2D eigenvalue weighted by molar-refractivity contribution is 0.282. The SMILES string of the molecule is CC1CCCN(c2ccc(Br)cc2CO)CC1. The van der Waals surface area contributed by atoms with Gasteiger partial charge in [-0.25, -0.2) is 0 Å². The van der Waals surface area contributed by atoms with Gasteiger partial charge in [0.15, 0.2) is 0 Å². The number of nitrogens with zero attached hydrogens (tertiary/aromatic N) is 1. The van der Waals surface area contributed by atoms with Crippen LogP contribution >= 0.6 is 15.9 Å². The van der Waals surface area contributed by atoms with E-state index in [4.69, 9.17) is 0 Å². The highest BCUT2D eigenvalue weighted by molar-refractivity contribution is 9.10. The van der Waals surface area contributed by atoms with Gasteiger partial charge in [-0.1, -0.05) is 22.9 Å². The van der Waals surface area contributed by atoms with Crippen molar-refractivity contribution in [1.29, 1.82) is 0 Å². The number of aliphatic hydroxyl groups excluding tert-OH is 1. The van der Waals surface area contributed by atoms with Gasteiger partial charge >= 0.3 is 0 Å². The average molecular weight is 298 g/mol. The molecule has 0 bridgehead atoms. The van der Waals surface area contributed by atoms with Crippen LogP contribution < -0.4 is 4.90 Å². The molecule has 1 fully saturated rings. The summed E-state index contributed by atoms with van der Waals surface area (Å²) in [5.41, 5.74) is 2.22. The van der Waals surface area contributed by atoms with E-state index in [1.807, 2.05) is 6.07 Å². The second kappa shape index (κ2) is 5.87. The number of benzene rings is 1. The second-order valence-corrected chi connectivity index (χ2v) is 5.87. The Labute approximate surface area is 112 Å². The number of rotatable bonds is 2. The van der Waals surface area contributed by atoms with E-state index in [0.717, 1.165) is 29.0 Å². The minimum Gasteiger partial charge on any atom is -0.392 e. The van der Waals surface area contributed by atoms with Gasteiger partial charge in [0.1, 0.15) is 0 Å². The number of anilines is 1. The zero-order valence-electron chi connectivity index (χ0n) is 10.3. The highest BCUT2D eigenvalue weighted by atomic mass is 79.9. The summed E-state index contributed by atoms with van der Waals surface area (Å²) in [5.74, 6) is 0.827. The molecule has 94 valence electrons. The molecular formula is C14H20BrNO. The molecule has 0 amide bonds. The Kier molecular flexibility index (Phi) is 4.46. The predicted molar refractivity (Wildman–Crippen MR) is 75.3 cm³/mol. The van der Waals surface area contributed by atoms with Crippen LogP contribution in [-0.2, 0) is 6.61 Å². The molecule has 1 aromatic rings. The number of hydrogen-bond donors (Lipinski definition) is 1. The summed E-state index contributed by atoms with van der Waals surface area (Å²) < 4.78 is 1.04. The minimum absolute atomic E-state index is 0.112. The lowest BCUT2D eigenvalue weighted by Gasteiger charge is -2.25. The number of aliphatic hydroxyl groups is 1. The van der Waals surface area contributed by atoms with E-state index in [1.54, 1.807) is 0 Å². The molecule has 1 N–H and O–H groups in total. The molecule has 1 unspecified atom stereocenters. The highest BCUT2D eigenvalue weighted by Gasteiger charge is 2.16. The van der Waals surface area contributed by atoms with Gasteiger partial charge in [-0.2, -0.15) is 0 Å². The van der Waals surface area contributed by atoms with E-state index in [9.17, 15) is 5.11 Å². The fraction of sp³-hybridized carbons (Fsp3) is 0.571. The van der Waals surface area contributed by atoms with Crippen LogP contribution in [0.3, 0.4) is 0 Å². The van der Waals surface area contributed by atoms with Crippen molar-refractivity contribution >= 4 is 21.6 Å². The minimum atomic E-state index is 0.112. The molecule has 1 aromatic carbocycles. The largest absolute Gasteiger partial charge is 0.392 e. The molecule has 1 aliphatic heterocycles.